The van der Waals surface area contributed by atoms with Crippen LogP contribution < -0.4 is 27.4 Å². The van der Waals surface area contributed by atoms with Crippen LogP contribution in [-0.2, 0) is 32.0 Å². The predicted molar refractivity (Wildman–Crippen MR) is 141 cm³/mol. The van der Waals surface area contributed by atoms with Gasteiger partial charge in [-0.05, 0) is 41.8 Å². The fourth-order valence-electron chi connectivity index (χ4n) is 3.49. The van der Waals surface area contributed by atoms with Crippen molar-refractivity contribution in [2.24, 2.45) is 11.5 Å². The van der Waals surface area contributed by atoms with Crippen molar-refractivity contribution in [1.82, 2.24) is 16.0 Å². The number of benzene rings is 2. The topological polar surface area (TPSA) is 197 Å². The number of hydrogen-bond acceptors (Lipinski definition) is 9. The Bertz CT molecular complexity index is 1120. The van der Waals surface area contributed by atoms with Gasteiger partial charge in [-0.2, -0.15) is 0 Å². The second kappa shape index (κ2) is 13.2. The molecule has 11 nitrogen and oxygen atoms in total. The summed E-state index contributed by atoms with van der Waals surface area (Å²) in [6, 6.07) is 8.43. The molecule has 13 heteroatoms. The minimum absolute atomic E-state index is 0.0499. The molecule has 4 amide bonds. The molecule has 0 saturated carbocycles. The maximum absolute atomic E-state index is 13.2. The zero-order chi connectivity index (χ0) is 26.9. The van der Waals surface area contributed by atoms with Crippen molar-refractivity contribution >= 4 is 45.2 Å². The average Bonchev–Trinajstić information content (AvgIpc) is 2.88. The lowest BCUT2D eigenvalue weighted by Crippen LogP contribution is -2.58. The minimum atomic E-state index is -1.07. The lowest BCUT2D eigenvalue weighted by atomic mass is 10.0. The largest absolute Gasteiger partial charge is 0.508 e. The van der Waals surface area contributed by atoms with E-state index < -0.39 is 47.8 Å². The van der Waals surface area contributed by atoms with Gasteiger partial charge in [-0.1, -0.05) is 45.9 Å². The van der Waals surface area contributed by atoms with Crippen molar-refractivity contribution in [3.63, 3.8) is 0 Å². The Morgan fingerprint density at radius 2 is 1.49 bits per heavy atom. The molecule has 4 atom stereocenters. The van der Waals surface area contributed by atoms with Crippen LogP contribution in [-0.4, -0.2) is 69.5 Å². The number of hydrogen-bond donors (Lipinski definition) is 7. The maximum Gasteiger partial charge on any atom is 0.244 e. The molecule has 2 aromatic carbocycles. The summed E-state index contributed by atoms with van der Waals surface area (Å²) >= 11 is 0. The van der Waals surface area contributed by atoms with Crippen molar-refractivity contribution in [2.75, 3.05) is 11.5 Å². The first-order valence-corrected chi connectivity index (χ1v) is 13.9. The highest BCUT2D eigenvalue weighted by atomic mass is 33.1. The number of carbonyl (C=O) groups excluding carboxylic acids is 4. The monoisotopic (exact) mass is 547 g/mol. The SMILES string of the molecule is NC(=O)[C@H]1CSSC[C@@H](NC(=O)[C@@H](N)Cc2ccc(O)cc2)C(=O)N[C@@H](Cc2ccc(O)cc2)C(=O)N1. The van der Waals surface area contributed by atoms with Gasteiger partial charge in [0.05, 0.1) is 6.04 Å². The van der Waals surface area contributed by atoms with Gasteiger partial charge in [0.1, 0.15) is 29.6 Å². The first-order valence-electron chi connectivity index (χ1n) is 11.4. The van der Waals surface area contributed by atoms with Crippen LogP contribution in [0.15, 0.2) is 48.5 Å². The van der Waals surface area contributed by atoms with Crippen molar-refractivity contribution in [3.8, 4) is 11.5 Å². The second-order valence-corrected chi connectivity index (χ2v) is 11.1. The molecule has 0 unspecified atom stereocenters. The molecule has 3 rings (SSSR count). The summed E-state index contributed by atoms with van der Waals surface area (Å²) in [5.41, 5.74) is 12.9. The van der Waals surface area contributed by atoms with Crippen LogP contribution in [0.5, 0.6) is 11.5 Å². The van der Waals surface area contributed by atoms with E-state index in [0.29, 0.717) is 5.56 Å². The van der Waals surface area contributed by atoms with Crippen molar-refractivity contribution in [3.05, 3.63) is 59.7 Å². The highest BCUT2D eigenvalue weighted by molar-refractivity contribution is 8.76. The van der Waals surface area contributed by atoms with E-state index in [1.54, 1.807) is 24.3 Å². The van der Waals surface area contributed by atoms with Gasteiger partial charge >= 0.3 is 0 Å². The molecule has 0 aromatic heterocycles. The molecule has 1 aliphatic heterocycles. The lowest BCUT2D eigenvalue weighted by molar-refractivity contribution is -0.133. The number of phenols is 2. The summed E-state index contributed by atoms with van der Waals surface area (Å²) in [6.45, 7) is 0. The van der Waals surface area contributed by atoms with E-state index in [9.17, 15) is 29.4 Å². The van der Waals surface area contributed by atoms with Crippen molar-refractivity contribution < 1.29 is 29.4 Å². The van der Waals surface area contributed by atoms with Gasteiger partial charge < -0.3 is 37.6 Å². The van der Waals surface area contributed by atoms with Gasteiger partial charge in [0.25, 0.3) is 0 Å². The molecule has 0 aliphatic carbocycles. The van der Waals surface area contributed by atoms with Crippen LogP contribution >= 0.6 is 21.6 Å². The quantitative estimate of drug-likeness (QED) is 0.224. The van der Waals surface area contributed by atoms with E-state index in [0.717, 1.165) is 5.56 Å². The van der Waals surface area contributed by atoms with Crippen LogP contribution in [0.2, 0.25) is 0 Å². The number of nitrogens with two attached hydrogens (primary N) is 2. The van der Waals surface area contributed by atoms with Crippen LogP contribution in [0, 0.1) is 0 Å². The Morgan fingerprint density at radius 1 is 0.919 bits per heavy atom. The molecule has 0 spiro atoms. The van der Waals surface area contributed by atoms with Crippen LogP contribution in [0.4, 0.5) is 0 Å². The Balaban J connectivity index is 1.75. The smallest absolute Gasteiger partial charge is 0.244 e. The number of amides is 4. The zero-order valence-corrected chi connectivity index (χ0v) is 21.4. The van der Waals surface area contributed by atoms with E-state index in [4.69, 9.17) is 11.5 Å². The lowest BCUT2D eigenvalue weighted by Gasteiger charge is -2.24. The third kappa shape index (κ3) is 8.58. The standard InChI is InChI=1S/C24H29N5O6S2/c25-17(9-13-1-5-15(30)6-2-13)22(33)29-20-12-37-36-11-19(21(26)32)28-23(34)18(27-24(20)35)10-14-3-7-16(31)8-4-14/h1-8,17-20,30-31H,9-12,25H2,(H2,26,32)(H,27,35)(H,28,34)(H,29,33)/t17-,18-,19+,20+/m0/s1. The number of rotatable bonds is 7. The molecule has 9 N–H and O–H groups in total. The summed E-state index contributed by atoms with van der Waals surface area (Å²) in [5.74, 6) is -1.98. The van der Waals surface area contributed by atoms with Gasteiger partial charge in [-0.25, -0.2) is 0 Å². The molecule has 198 valence electrons. The molecule has 1 heterocycles. The van der Waals surface area contributed by atoms with Gasteiger partial charge in [0, 0.05) is 17.9 Å². The molecule has 0 radical (unpaired) electrons. The maximum atomic E-state index is 13.2. The third-order valence-corrected chi connectivity index (χ3v) is 8.01. The Morgan fingerprint density at radius 3 is 2.08 bits per heavy atom. The molecule has 0 bridgehead atoms. The zero-order valence-electron chi connectivity index (χ0n) is 19.8. The highest BCUT2D eigenvalue weighted by Gasteiger charge is 2.31. The van der Waals surface area contributed by atoms with Crippen molar-refractivity contribution in [1.29, 1.82) is 0 Å². The van der Waals surface area contributed by atoms with E-state index in [1.165, 1.54) is 45.9 Å². The van der Waals surface area contributed by atoms with E-state index in [-0.39, 0.29) is 35.8 Å². The Labute approximate surface area is 221 Å². The van der Waals surface area contributed by atoms with Gasteiger partial charge in [-0.3, -0.25) is 19.2 Å². The van der Waals surface area contributed by atoms with E-state index >= 15 is 0 Å². The molecule has 2 aromatic rings. The Hall–Kier alpha value is -3.42. The van der Waals surface area contributed by atoms with Gasteiger partial charge in [-0.15, -0.1) is 0 Å². The number of aromatic hydroxyl groups is 2. The van der Waals surface area contributed by atoms with Gasteiger partial charge in [0.2, 0.25) is 23.6 Å². The molecular formula is C24H29N5O6S2. The molecule has 37 heavy (non-hydrogen) atoms. The summed E-state index contributed by atoms with van der Waals surface area (Å²) in [7, 11) is 2.49. The van der Waals surface area contributed by atoms with Crippen LogP contribution in [0.25, 0.3) is 0 Å². The number of phenolic OH excluding ortho intramolecular Hbond substituents is 2. The number of primary amides is 1. The first-order chi connectivity index (χ1) is 17.6. The summed E-state index contributed by atoms with van der Waals surface area (Å²) in [6.07, 6.45) is 0.263. The highest BCUT2D eigenvalue weighted by Crippen LogP contribution is 2.24. The van der Waals surface area contributed by atoms with Crippen LogP contribution in [0.3, 0.4) is 0 Å². The molecule has 1 fully saturated rings. The Kier molecular flexibility index (Phi) is 10.1. The molecular weight excluding hydrogens is 518 g/mol. The fourth-order valence-corrected chi connectivity index (χ4v) is 5.83. The van der Waals surface area contributed by atoms with E-state index in [2.05, 4.69) is 16.0 Å². The average molecular weight is 548 g/mol. The summed E-state index contributed by atoms with van der Waals surface area (Å²) in [5, 5.41) is 26.9. The van der Waals surface area contributed by atoms with Crippen LogP contribution in [0.1, 0.15) is 11.1 Å². The molecule has 1 aliphatic rings. The summed E-state index contributed by atoms with van der Waals surface area (Å²) < 4.78 is 0. The normalized spacial score (nSPS) is 21.6. The second-order valence-electron chi connectivity index (χ2n) is 8.50. The molecule has 1 saturated heterocycles. The minimum Gasteiger partial charge on any atom is -0.508 e. The summed E-state index contributed by atoms with van der Waals surface area (Å²) in [4.78, 5) is 50.9. The van der Waals surface area contributed by atoms with Crippen molar-refractivity contribution in [2.45, 2.75) is 37.0 Å². The third-order valence-electron chi connectivity index (χ3n) is 5.58. The first kappa shape index (κ1) is 28.2. The predicted octanol–water partition coefficient (Wildman–Crippen LogP) is -0.455. The fraction of sp³-hybridized carbons (Fsp3) is 0.333. The number of carbonyl (C=O) groups is 4. The van der Waals surface area contributed by atoms with Gasteiger partial charge in [0.15, 0.2) is 0 Å². The number of nitrogens with one attached hydrogen (secondary N) is 3. The van der Waals surface area contributed by atoms with E-state index in [1.807, 2.05) is 0 Å².